The van der Waals surface area contributed by atoms with Crippen molar-refractivity contribution >= 4 is 22.7 Å². The van der Waals surface area contributed by atoms with Crippen molar-refractivity contribution in [2.24, 2.45) is 0 Å². The molecule has 0 radical (unpaired) electrons. The maximum absolute atomic E-state index is 12.9. The van der Waals surface area contributed by atoms with E-state index in [-0.39, 0.29) is 0 Å². The van der Waals surface area contributed by atoms with E-state index in [1.54, 1.807) is 0 Å². The molecule has 7 heteroatoms. The molecule has 27 heavy (non-hydrogen) atoms. The Balaban J connectivity index is 1.52. The van der Waals surface area contributed by atoms with Gasteiger partial charge in [-0.3, -0.25) is 0 Å². The third-order valence-corrected chi connectivity index (χ3v) is 5.29. The van der Waals surface area contributed by atoms with Crippen molar-refractivity contribution < 1.29 is 13.2 Å². The third kappa shape index (κ3) is 3.34. The molecule has 1 N–H and O–H groups in total. The first-order valence-electron chi connectivity index (χ1n) is 8.96. The SMILES string of the molecule is Cc1cccc(N2CCN(c3nc4ccc(C(F)(F)F)cc4[nH]3)CC2)c1C. The fraction of sp³-hybridized carbons (Fsp3) is 0.350. The zero-order valence-corrected chi connectivity index (χ0v) is 15.3. The van der Waals surface area contributed by atoms with Gasteiger partial charge in [-0.15, -0.1) is 0 Å². The molecule has 1 aliphatic heterocycles. The monoisotopic (exact) mass is 374 g/mol. The molecule has 0 unspecified atom stereocenters. The van der Waals surface area contributed by atoms with Gasteiger partial charge in [0.1, 0.15) is 0 Å². The third-order valence-electron chi connectivity index (χ3n) is 5.29. The van der Waals surface area contributed by atoms with Gasteiger partial charge in [0.25, 0.3) is 0 Å². The number of hydrogen-bond acceptors (Lipinski definition) is 3. The number of hydrogen-bond donors (Lipinski definition) is 1. The Labute approximate surface area is 155 Å². The molecule has 0 atom stereocenters. The van der Waals surface area contributed by atoms with Gasteiger partial charge in [0, 0.05) is 31.9 Å². The van der Waals surface area contributed by atoms with E-state index in [2.05, 4.69) is 51.8 Å². The zero-order chi connectivity index (χ0) is 19.2. The summed E-state index contributed by atoms with van der Waals surface area (Å²) in [5, 5.41) is 0. The van der Waals surface area contributed by atoms with Crippen molar-refractivity contribution in [1.29, 1.82) is 0 Å². The highest BCUT2D eigenvalue weighted by Gasteiger charge is 2.31. The minimum atomic E-state index is -4.35. The van der Waals surface area contributed by atoms with Crippen LogP contribution in [0.2, 0.25) is 0 Å². The molecule has 2 heterocycles. The van der Waals surface area contributed by atoms with Crippen LogP contribution in [0.25, 0.3) is 11.0 Å². The summed E-state index contributed by atoms with van der Waals surface area (Å²) >= 11 is 0. The topological polar surface area (TPSA) is 35.2 Å². The van der Waals surface area contributed by atoms with Crippen molar-refractivity contribution in [3.8, 4) is 0 Å². The molecule has 1 aliphatic rings. The number of aromatic amines is 1. The molecule has 142 valence electrons. The van der Waals surface area contributed by atoms with Crippen LogP contribution < -0.4 is 9.80 Å². The molecular weight excluding hydrogens is 353 g/mol. The van der Waals surface area contributed by atoms with E-state index >= 15 is 0 Å². The Hall–Kier alpha value is -2.70. The summed E-state index contributed by atoms with van der Waals surface area (Å²) in [6, 6.07) is 9.94. The number of anilines is 2. The molecule has 1 fully saturated rings. The number of imidazole rings is 1. The lowest BCUT2D eigenvalue weighted by atomic mass is 10.1. The average Bonchev–Trinajstić information content (AvgIpc) is 3.07. The number of aryl methyl sites for hydroxylation is 1. The number of benzene rings is 2. The lowest BCUT2D eigenvalue weighted by Crippen LogP contribution is -2.47. The molecule has 3 aromatic rings. The molecule has 1 aromatic heterocycles. The van der Waals surface area contributed by atoms with Crippen LogP contribution in [0.3, 0.4) is 0 Å². The van der Waals surface area contributed by atoms with Crippen molar-refractivity contribution in [2.45, 2.75) is 20.0 Å². The molecule has 0 saturated carbocycles. The van der Waals surface area contributed by atoms with Crippen molar-refractivity contribution in [3.63, 3.8) is 0 Å². The highest BCUT2D eigenvalue weighted by Crippen LogP contribution is 2.32. The Bertz CT molecular complexity index is 969. The number of H-pyrrole nitrogens is 1. The van der Waals surface area contributed by atoms with Gasteiger partial charge in [-0.25, -0.2) is 4.98 Å². The second-order valence-electron chi connectivity index (χ2n) is 6.98. The quantitative estimate of drug-likeness (QED) is 0.716. The first kappa shape index (κ1) is 17.7. The molecule has 4 rings (SSSR count). The van der Waals surface area contributed by atoms with E-state index in [0.29, 0.717) is 17.0 Å². The number of alkyl halides is 3. The first-order chi connectivity index (χ1) is 12.8. The molecule has 0 bridgehead atoms. The van der Waals surface area contributed by atoms with Crippen molar-refractivity contribution in [2.75, 3.05) is 36.0 Å². The van der Waals surface area contributed by atoms with Crippen molar-refractivity contribution in [3.05, 3.63) is 53.1 Å². The van der Waals surface area contributed by atoms with E-state index in [9.17, 15) is 13.2 Å². The summed E-state index contributed by atoms with van der Waals surface area (Å²) in [4.78, 5) is 12.0. The van der Waals surface area contributed by atoms with E-state index in [1.807, 2.05) is 0 Å². The van der Waals surface area contributed by atoms with Gasteiger partial charge < -0.3 is 14.8 Å². The number of aromatic nitrogens is 2. The molecule has 0 aliphatic carbocycles. The molecule has 2 aromatic carbocycles. The summed E-state index contributed by atoms with van der Waals surface area (Å²) < 4.78 is 38.7. The summed E-state index contributed by atoms with van der Waals surface area (Å²) in [6.45, 7) is 7.45. The van der Waals surface area contributed by atoms with Crippen LogP contribution in [0.15, 0.2) is 36.4 Å². The molecular formula is C20H21F3N4. The van der Waals surface area contributed by atoms with Gasteiger partial charge in [-0.1, -0.05) is 12.1 Å². The largest absolute Gasteiger partial charge is 0.416 e. The van der Waals surface area contributed by atoms with Gasteiger partial charge in [0.05, 0.1) is 16.6 Å². The number of rotatable bonds is 2. The number of piperazine rings is 1. The smallest absolute Gasteiger partial charge is 0.368 e. The molecule has 0 spiro atoms. The summed E-state index contributed by atoms with van der Waals surface area (Å²) in [5.74, 6) is 0.630. The maximum Gasteiger partial charge on any atom is 0.416 e. The zero-order valence-electron chi connectivity index (χ0n) is 15.3. The van der Waals surface area contributed by atoms with Gasteiger partial charge in [0.15, 0.2) is 0 Å². The summed E-state index contributed by atoms with van der Waals surface area (Å²) in [5.41, 5.74) is 4.10. The molecule has 1 saturated heterocycles. The van der Waals surface area contributed by atoms with E-state index in [0.717, 1.165) is 38.3 Å². The van der Waals surface area contributed by atoms with Gasteiger partial charge in [-0.2, -0.15) is 13.2 Å². The Morgan fingerprint density at radius 1 is 0.963 bits per heavy atom. The number of halogens is 3. The predicted molar refractivity (Wildman–Crippen MR) is 101 cm³/mol. The number of fused-ring (bicyclic) bond motifs is 1. The average molecular weight is 374 g/mol. The Morgan fingerprint density at radius 3 is 2.37 bits per heavy atom. The van der Waals surface area contributed by atoms with Gasteiger partial charge in [0.2, 0.25) is 5.95 Å². The second kappa shape index (κ2) is 6.48. The fourth-order valence-electron chi connectivity index (χ4n) is 3.56. The minimum absolute atomic E-state index is 0.414. The Morgan fingerprint density at radius 2 is 1.67 bits per heavy atom. The summed E-state index contributed by atoms with van der Waals surface area (Å²) in [6.07, 6.45) is -4.35. The van der Waals surface area contributed by atoms with Gasteiger partial charge in [-0.05, 0) is 49.2 Å². The lowest BCUT2D eigenvalue weighted by Gasteiger charge is -2.36. The molecule has 0 amide bonds. The first-order valence-corrected chi connectivity index (χ1v) is 8.96. The maximum atomic E-state index is 12.9. The van der Waals surface area contributed by atoms with Crippen LogP contribution in [0.4, 0.5) is 24.8 Å². The van der Waals surface area contributed by atoms with Gasteiger partial charge >= 0.3 is 6.18 Å². The van der Waals surface area contributed by atoms with Crippen LogP contribution in [0, 0.1) is 13.8 Å². The predicted octanol–water partition coefficient (Wildman–Crippen LogP) is 4.53. The fourth-order valence-corrected chi connectivity index (χ4v) is 3.56. The highest BCUT2D eigenvalue weighted by molar-refractivity contribution is 5.78. The standard InChI is InChI=1S/C20H21F3N4/c1-13-4-3-5-18(14(13)2)26-8-10-27(11-9-26)19-24-16-7-6-15(20(21,22)23)12-17(16)25-19/h3-7,12H,8-11H2,1-2H3,(H,24,25). The summed E-state index contributed by atoms with van der Waals surface area (Å²) in [7, 11) is 0. The number of nitrogens with one attached hydrogen (secondary N) is 1. The van der Waals surface area contributed by atoms with E-state index in [1.165, 1.54) is 22.9 Å². The van der Waals surface area contributed by atoms with Crippen LogP contribution >= 0.6 is 0 Å². The van der Waals surface area contributed by atoms with Crippen LogP contribution in [-0.2, 0) is 6.18 Å². The lowest BCUT2D eigenvalue weighted by molar-refractivity contribution is -0.137. The van der Waals surface area contributed by atoms with Crippen molar-refractivity contribution in [1.82, 2.24) is 9.97 Å². The minimum Gasteiger partial charge on any atom is -0.368 e. The normalized spacial score (nSPS) is 15.6. The van der Waals surface area contributed by atoms with Crippen LogP contribution in [-0.4, -0.2) is 36.1 Å². The van der Waals surface area contributed by atoms with Crippen LogP contribution in [0.1, 0.15) is 16.7 Å². The second-order valence-corrected chi connectivity index (χ2v) is 6.98. The van der Waals surface area contributed by atoms with E-state index < -0.39 is 11.7 Å². The van der Waals surface area contributed by atoms with E-state index in [4.69, 9.17) is 0 Å². The highest BCUT2D eigenvalue weighted by atomic mass is 19.4. The Kier molecular flexibility index (Phi) is 4.25. The molecule has 4 nitrogen and oxygen atoms in total. The number of nitrogens with zero attached hydrogens (tertiary/aromatic N) is 3. The van der Waals surface area contributed by atoms with Crippen LogP contribution in [0.5, 0.6) is 0 Å².